The molecule has 4 nitrogen and oxygen atoms in total. The first kappa shape index (κ1) is 32.4. The molecule has 2 heterocycles. The van der Waals surface area contributed by atoms with E-state index in [0.717, 1.165) is 55.7 Å². The van der Waals surface area contributed by atoms with Crippen molar-refractivity contribution in [2.24, 2.45) is 0 Å². The van der Waals surface area contributed by atoms with Crippen LogP contribution in [0.5, 0.6) is 5.75 Å². The van der Waals surface area contributed by atoms with Gasteiger partial charge in [-0.25, -0.2) is 4.98 Å². The second-order valence-electron chi connectivity index (χ2n) is 21.7. The summed E-state index contributed by atoms with van der Waals surface area (Å²) in [5, 5.41) is 12.6. The highest BCUT2D eigenvalue weighted by atomic mass is 16.3. The maximum atomic E-state index is 12.6. The largest absolute Gasteiger partial charge is 0.507 e. The maximum absolute atomic E-state index is 12.6. The quantitative estimate of drug-likeness (QED) is 0.181. The lowest BCUT2D eigenvalue weighted by atomic mass is 9.78. The lowest BCUT2D eigenvalue weighted by Gasteiger charge is -2.28. The van der Waals surface area contributed by atoms with Gasteiger partial charge in [0.2, 0.25) is 0 Å². The van der Waals surface area contributed by atoms with E-state index in [1.807, 2.05) is 48.5 Å². The van der Waals surface area contributed by atoms with Crippen LogP contribution in [0.2, 0.25) is 0 Å². The highest BCUT2D eigenvalue weighted by molar-refractivity contribution is 5.97. The van der Waals surface area contributed by atoms with Crippen molar-refractivity contribution in [2.75, 3.05) is 0 Å². The Morgan fingerprint density at radius 1 is 0.485 bits per heavy atom. The van der Waals surface area contributed by atoms with Crippen LogP contribution < -0.4 is 0 Å². The van der Waals surface area contributed by atoms with E-state index in [1.54, 1.807) is 6.07 Å². The van der Waals surface area contributed by atoms with Crippen LogP contribution in [0.15, 0.2) is 140 Å². The first-order chi connectivity index (χ1) is 36.2. The number of aromatic nitrogens is 3. The molecule has 338 valence electrons. The number of imidazole rings is 1. The van der Waals surface area contributed by atoms with Gasteiger partial charge < -0.3 is 5.11 Å². The molecule has 0 radical (unpaired) electrons. The third kappa shape index (κ3) is 9.12. The Bertz CT molecular complexity index is 3610. The Labute approximate surface area is 413 Å². The van der Waals surface area contributed by atoms with Crippen molar-refractivity contribution in [3.05, 3.63) is 167 Å². The van der Waals surface area contributed by atoms with Crippen LogP contribution >= 0.6 is 0 Å². The molecule has 0 amide bonds. The first-order valence-corrected chi connectivity index (χ1v) is 22.6. The van der Waals surface area contributed by atoms with Crippen LogP contribution in [0.25, 0.3) is 72.7 Å². The van der Waals surface area contributed by atoms with Crippen molar-refractivity contribution < 1.29 is 22.9 Å². The van der Waals surface area contributed by atoms with Gasteiger partial charge in [-0.15, -0.1) is 0 Å². The van der Waals surface area contributed by atoms with Crippen LogP contribution in [0.4, 0.5) is 0 Å². The molecule has 0 saturated carbocycles. The summed E-state index contributed by atoms with van der Waals surface area (Å²) in [6.07, 6.45) is 1.44. The summed E-state index contributed by atoms with van der Waals surface area (Å²) in [6.45, 7) is 14.2. The van der Waals surface area contributed by atoms with Gasteiger partial charge in [0.05, 0.1) is 33.5 Å². The summed E-state index contributed by atoms with van der Waals surface area (Å²) in [4.78, 5) is 10.4. The Morgan fingerprint density at radius 2 is 1.12 bits per heavy atom. The Hall–Kier alpha value is -6.26. The highest BCUT2D eigenvalue weighted by Crippen LogP contribution is 2.46. The molecule has 0 saturated heterocycles. The topological polar surface area (TPSA) is 50.9 Å². The van der Waals surface area contributed by atoms with Gasteiger partial charge in [-0.05, 0) is 126 Å². The third-order valence-electron chi connectivity index (χ3n) is 12.3. The van der Waals surface area contributed by atoms with E-state index in [1.165, 1.54) is 12.3 Å². The van der Waals surface area contributed by atoms with E-state index < -0.39 is 66.5 Å². The maximum Gasteiger partial charge on any atom is 0.149 e. The molecule has 8 aromatic rings. The van der Waals surface area contributed by atoms with Crippen molar-refractivity contribution in [2.45, 2.75) is 131 Å². The molecule has 4 heteroatoms. The number of benzene rings is 6. The minimum atomic E-state index is -3.81. The molecule has 66 heavy (non-hydrogen) atoms. The molecule has 0 bridgehead atoms. The SMILES string of the molecule is [2H]c1c([2H])c(C(C([2H])([2H])[2H])(C([2H])([2H])[2H])C([2H])([2H])[2H])c([2H])c([2H])c1-c1ccnc(-c2cc(-c3cccc4c3nc(-c3cc(C(C)(C)C)cc(C(C)(C)C)c3O)n4-c3ccc(-c4ccccc4)cc3C(C)(C)C)cc(C(C)(C)C)c2)c1. The third-order valence-corrected chi connectivity index (χ3v) is 12.3. The molecule has 8 rings (SSSR count). The minimum absolute atomic E-state index is 0.141. The fourth-order valence-electron chi connectivity index (χ4n) is 8.46. The standard InChI is InChI=1S/C62H69N3O/c1-58(2,3)45-27-24-40(25-28-45)42-30-31-63-52(36-42)44-32-43(33-46(34-44)59(4,5)6)48-22-19-23-54-55(48)64-57(49-37-47(60(7,8)9)38-51(56(49)66)62(13,14)15)65(54)53-29-26-41(35-50(53)61(10,11)12)39-20-17-16-18-21-39/h16-38,66H,1-15H3/i1D3,2D3,3D3,24D,25D,27D,28D. The molecular formula is C62H69N3O. The van der Waals surface area contributed by atoms with E-state index in [9.17, 15) is 7.85 Å². The van der Waals surface area contributed by atoms with Crippen LogP contribution in [0.1, 0.15) is 149 Å². The number of hydrogen-bond donors (Lipinski definition) is 1. The van der Waals surface area contributed by atoms with Gasteiger partial charge in [-0.1, -0.05) is 188 Å². The average Bonchev–Trinajstić information content (AvgIpc) is 3.80. The first-order valence-electron chi connectivity index (χ1n) is 29.1. The molecule has 6 aromatic carbocycles. The molecule has 0 aliphatic rings. The molecule has 1 N–H and O–H groups in total. The summed E-state index contributed by atoms with van der Waals surface area (Å²) in [7, 11) is 0. The summed E-state index contributed by atoms with van der Waals surface area (Å²) >= 11 is 0. The van der Waals surface area contributed by atoms with Gasteiger partial charge in [0, 0.05) is 35.2 Å². The highest BCUT2D eigenvalue weighted by Gasteiger charge is 2.31. The Morgan fingerprint density at radius 3 is 1.76 bits per heavy atom. The van der Waals surface area contributed by atoms with Crippen LogP contribution in [0, 0.1) is 0 Å². The molecule has 0 fully saturated rings. The van der Waals surface area contributed by atoms with Crippen molar-refractivity contribution in [1.82, 2.24) is 14.5 Å². The second kappa shape index (κ2) is 16.6. The number of pyridine rings is 1. The van der Waals surface area contributed by atoms with Crippen molar-refractivity contribution in [1.29, 1.82) is 0 Å². The van der Waals surface area contributed by atoms with Gasteiger partial charge >= 0.3 is 0 Å². The number of fused-ring (bicyclic) bond motifs is 1. The van der Waals surface area contributed by atoms with Crippen molar-refractivity contribution in [3.8, 4) is 67.5 Å². The number of para-hydroxylation sites is 1. The predicted molar refractivity (Wildman–Crippen MR) is 281 cm³/mol. The van der Waals surface area contributed by atoms with Gasteiger partial charge in [-0.3, -0.25) is 9.55 Å². The van der Waals surface area contributed by atoms with Crippen LogP contribution in [-0.4, -0.2) is 19.6 Å². The Balaban J connectivity index is 1.41. The summed E-state index contributed by atoms with van der Waals surface area (Å²) < 4.78 is 113. The number of phenolic OH excluding ortho intramolecular Hbond substituents is 1. The number of aromatic hydroxyl groups is 1. The van der Waals surface area contributed by atoms with Gasteiger partial charge in [0.1, 0.15) is 11.6 Å². The van der Waals surface area contributed by atoms with Gasteiger partial charge in [0.15, 0.2) is 0 Å². The molecule has 0 aliphatic carbocycles. The molecule has 0 unspecified atom stereocenters. The normalized spacial score (nSPS) is 16.3. The zero-order valence-electron chi connectivity index (χ0n) is 53.3. The van der Waals surface area contributed by atoms with Crippen molar-refractivity contribution in [3.63, 3.8) is 0 Å². The number of nitrogens with zero attached hydrogens (tertiary/aromatic N) is 3. The fourth-order valence-corrected chi connectivity index (χ4v) is 8.46. The van der Waals surface area contributed by atoms with E-state index >= 15 is 0 Å². The van der Waals surface area contributed by atoms with Crippen LogP contribution in [0.3, 0.4) is 0 Å². The number of hydrogen-bond acceptors (Lipinski definition) is 3. The van der Waals surface area contributed by atoms with Gasteiger partial charge in [0.25, 0.3) is 0 Å². The van der Waals surface area contributed by atoms with Crippen LogP contribution in [-0.2, 0) is 27.1 Å². The van der Waals surface area contributed by atoms with Gasteiger partial charge in [-0.2, -0.15) is 0 Å². The van der Waals surface area contributed by atoms with E-state index in [-0.39, 0.29) is 27.7 Å². The molecule has 0 spiro atoms. The van der Waals surface area contributed by atoms with E-state index in [4.69, 9.17) is 25.0 Å². The summed E-state index contributed by atoms with van der Waals surface area (Å²) in [5.41, 5.74) is 4.78. The fraction of sp³-hybridized carbons (Fsp3) is 0.323. The minimum Gasteiger partial charge on any atom is -0.507 e. The summed E-state index contributed by atoms with van der Waals surface area (Å²) in [5.74, 6) is 0.693. The predicted octanol–water partition coefficient (Wildman–Crippen LogP) is 16.9. The lowest BCUT2D eigenvalue weighted by Crippen LogP contribution is -2.18. The molecular weight excluding hydrogens is 803 g/mol. The summed E-state index contributed by atoms with van der Waals surface area (Å²) in [6, 6.07) is 32.3. The lowest BCUT2D eigenvalue weighted by molar-refractivity contribution is 0.446. The Kier molecular flexibility index (Phi) is 8.13. The number of phenols is 1. The monoisotopic (exact) mass is 885 g/mol. The van der Waals surface area contributed by atoms with E-state index in [2.05, 4.69) is 136 Å². The zero-order valence-corrected chi connectivity index (χ0v) is 40.3. The molecule has 0 aliphatic heterocycles. The smallest absolute Gasteiger partial charge is 0.149 e. The average molecular weight is 885 g/mol. The number of rotatable bonds is 6. The molecule has 2 aromatic heterocycles. The van der Waals surface area contributed by atoms with Crippen molar-refractivity contribution >= 4 is 11.0 Å². The zero-order chi connectivity index (χ0) is 58.7. The second-order valence-corrected chi connectivity index (χ2v) is 21.7. The van der Waals surface area contributed by atoms with E-state index in [0.29, 0.717) is 28.2 Å². The molecule has 0 atom stereocenters.